The number of thiophene rings is 1. The Morgan fingerprint density at radius 2 is 2.10 bits per heavy atom. The molecule has 4 nitrogen and oxygen atoms in total. The number of nitro groups is 1. The fourth-order valence-corrected chi connectivity index (χ4v) is 3.09. The molecule has 0 saturated carbocycles. The van der Waals surface area contributed by atoms with Crippen LogP contribution in [0.4, 0.5) is 15.8 Å². The molecule has 0 saturated heterocycles. The van der Waals surface area contributed by atoms with Crippen LogP contribution in [-0.4, -0.2) is 4.92 Å². The minimum absolute atomic E-state index is 0.0476. The van der Waals surface area contributed by atoms with E-state index < -0.39 is 10.7 Å². The van der Waals surface area contributed by atoms with E-state index in [9.17, 15) is 14.5 Å². The minimum Gasteiger partial charge on any atom is -0.372 e. The van der Waals surface area contributed by atoms with Crippen LogP contribution in [0.3, 0.4) is 0 Å². The molecule has 2 aromatic rings. The molecule has 2 rings (SSSR count). The van der Waals surface area contributed by atoms with E-state index in [4.69, 9.17) is 0 Å². The van der Waals surface area contributed by atoms with Gasteiger partial charge < -0.3 is 5.32 Å². The molecule has 0 spiro atoms. The van der Waals surface area contributed by atoms with Crippen molar-refractivity contribution < 1.29 is 9.31 Å². The van der Waals surface area contributed by atoms with Crippen molar-refractivity contribution in [2.45, 2.75) is 26.8 Å². The Bertz CT molecular complexity index is 641. The van der Waals surface area contributed by atoms with Gasteiger partial charge >= 0.3 is 0 Å². The van der Waals surface area contributed by atoms with Gasteiger partial charge in [-0.3, -0.25) is 10.1 Å². The molecule has 21 heavy (non-hydrogen) atoms. The van der Waals surface area contributed by atoms with Gasteiger partial charge in [0.05, 0.1) is 17.0 Å². The first-order chi connectivity index (χ1) is 9.90. The van der Waals surface area contributed by atoms with Gasteiger partial charge in [0.1, 0.15) is 11.5 Å². The number of nitrogens with zero attached hydrogens (tertiary/aromatic N) is 1. The highest BCUT2D eigenvalue weighted by Crippen LogP contribution is 2.34. The molecule has 0 fully saturated rings. The van der Waals surface area contributed by atoms with Crippen LogP contribution in [0, 0.1) is 28.8 Å². The van der Waals surface area contributed by atoms with Gasteiger partial charge in [-0.1, -0.05) is 19.9 Å². The Morgan fingerprint density at radius 3 is 2.62 bits per heavy atom. The fraction of sp³-hybridized carbons (Fsp3) is 0.333. The molecule has 0 aliphatic heterocycles. The molecular weight excluding hydrogens is 291 g/mol. The lowest BCUT2D eigenvalue weighted by Crippen LogP contribution is -2.16. The van der Waals surface area contributed by atoms with E-state index in [1.807, 2.05) is 31.4 Å². The number of hydrogen-bond acceptors (Lipinski definition) is 4. The van der Waals surface area contributed by atoms with Crippen LogP contribution in [0.1, 0.15) is 30.3 Å². The molecule has 0 amide bonds. The summed E-state index contributed by atoms with van der Waals surface area (Å²) < 4.78 is 13.6. The standard InChI is InChI=1S/C15H17FN2O2S/c1-9(2)15(14-5-4-6-21-14)17-12-7-10(3)11(16)8-13(12)18(19)20/h4-9,15,17H,1-3H3. The van der Waals surface area contributed by atoms with E-state index in [1.165, 1.54) is 6.07 Å². The molecular formula is C15H17FN2O2S. The van der Waals surface area contributed by atoms with E-state index in [-0.39, 0.29) is 17.6 Å². The van der Waals surface area contributed by atoms with Crippen molar-refractivity contribution in [3.8, 4) is 0 Å². The smallest absolute Gasteiger partial charge is 0.295 e. The zero-order valence-electron chi connectivity index (χ0n) is 12.1. The van der Waals surface area contributed by atoms with Crippen molar-refractivity contribution in [1.29, 1.82) is 0 Å². The van der Waals surface area contributed by atoms with Crippen molar-refractivity contribution in [1.82, 2.24) is 0 Å². The second kappa shape index (κ2) is 6.22. The van der Waals surface area contributed by atoms with Gasteiger partial charge in [-0.05, 0) is 35.9 Å². The predicted octanol–water partition coefficient (Wildman–Crippen LogP) is 4.91. The molecule has 0 radical (unpaired) electrons. The van der Waals surface area contributed by atoms with Crippen LogP contribution in [0.15, 0.2) is 29.6 Å². The van der Waals surface area contributed by atoms with E-state index in [0.29, 0.717) is 11.3 Å². The zero-order valence-corrected chi connectivity index (χ0v) is 12.9. The number of nitro benzene ring substituents is 1. The summed E-state index contributed by atoms with van der Waals surface area (Å²) in [5.74, 6) is -0.321. The van der Waals surface area contributed by atoms with Crippen molar-refractivity contribution in [3.05, 3.63) is 56.0 Å². The number of anilines is 1. The molecule has 1 atom stereocenters. The van der Waals surface area contributed by atoms with Gasteiger partial charge in [0.15, 0.2) is 0 Å². The van der Waals surface area contributed by atoms with E-state index in [0.717, 1.165) is 10.9 Å². The lowest BCUT2D eigenvalue weighted by molar-refractivity contribution is -0.384. The number of benzene rings is 1. The summed E-state index contributed by atoms with van der Waals surface area (Å²) in [4.78, 5) is 11.7. The first-order valence-corrected chi connectivity index (χ1v) is 7.52. The van der Waals surface area contributed by atoms with Crippen molar-refractivity contribution in [3.63, 3.8) is 0 Å². The van der Waals surface area contributed by atoms with Crippen LogP contribution < -0.4 is 5.32 Å². The number of aryl methyl sites for hydroxylation is 1. The van der Waals surface area contributed by atoms with E-state index in [1.54, 1.807) is 18.3 Å². The summed E-state index contributed by atoms with van der Waals surface area (Å²) in [7, 11) is 0. The monoisotopic (exact) mass is 308 g/mol. The minimum atomic E-state index is -0.565. The molecule has 0 aliphatic rings. The van der Waals surface area contributed by atoms with Crippen molar-refractivity contribution in [2.24, 2.45) is 5.92 Å². The molecule has 6 heteroatoms. The molecule has 1 aromatic carbocycles. The molecule has 1 unspecified atom stereocenters. The lowest BCUT2D eigenvalue weighted by atomic mass is 10.0. The fourth-order valence-electron chi connectivity index (χ4n) is 2.14. The van der Waals surface area contributed by atoms with Crippen LogP contribution in [0.25, 0.3) is 0 Å². The molecule has 0 aliphatic carbocycles. The van der Waals surface area contributed by atoms with Crippen LogP contribution in [0.5, 0.6) is 0 Å². The average Bonchev–Trinajstić information content (AvgIpc) is 2.92. The van der Waals surface area contributed by atoms with Gasteiger partial charge in [-0.2, -0.15) is 0 Å². The molecule has 112 valence electrons. The third-order valence-electron chi connectivity index (χ3n) is 3.30. The van der Waals surface area contributed by atoms with Gasteiger partial charge in [0, 0.05) is 4.88 Å². The van der Waals surface area contributed by atoms with Gasteiger partial charge in [-0.15, -0.1) is 11.3 Å². The highest BCUT2D eigenvalue weighted by Gasteiger charge is 2.23. The summed E-state index contributed by atoms with van der Waals surface area (Å²) in [5, 5.41) is 16.3. The second-order valence-electron chi connectivity index (χ2n) is 5.26. The summed E-state index contributed by atoms with van der Waals surface area (Å²) in [6.07, 6.45) is 0. The first-order valence-electron chi connectivity index (χ1n) is 6.64. The largest absolute Gasteiger partial charge is 0.372 e. The highest BCUT2D eigenvalue weighted by molar-refractivity contribution is 7.10. The van der Waals surface area contributed by atoms with E-state index in [2.05, 4.69) is 5.32 Å². The molecule has 0 bridgehead atoms. The second-order valence-corrected chi connectivity index (χ2v) is 6.24. The lowest BCUT2D eigenvalue weighted by Gasteiger charge is -2.22. The highest BCUT2D eigenvalue weighted by atomic mass is 32.1. The summed E-state index contributed by atoms with van der Waals surface area (Å²) in [6.45, 7) is 5.68. The Morgan fingerprint density at radius 1 is 1.38 bits per heavy atom. The van der Waals surface area contributed by atoms with Gasteiger partial charge in [-0.25, -0.2) is 4.39 Å². The Kier molecular flexibility index (Phi) is 4.57. The Labute approximate surface area is 126 Å². The molecule has 1 N–H and O–H groups in total. The van der Waals surface area contributed by atoms with Crippen LogP contribution >= 0.6 is 11.3 Å². The third kappa shape index (κ3) is 3.39. The van der Waals surface area contributed by atoms with E-state index >= 15 is 0 Å². The summed E-state index contributed by atoms with van der Waals surface area (Å²) in [6, 6.07) is 6.36. The summed E-state index contributed by atoms with van der Waals surface area (Å²) in [5.41, 5.74) is 0.503. The SMILES string of the molecule is Cc1cc(NC(c2cccs2)C(C)C)c([N+](=O)[O-])cc1F. The normalized spacial score (nSPS) is 12.4. The Hall–Kier alpha value is -1.95. The molecule has 1 aromatic heterocycles. The Balaban J connectivity index is 2.41. The van der Waals surface area contributed by atoms with Crippen LogP contribution in [0.2, 0.25) is 0 Å². The quantitative estimate of drug-likeness (QED) is 0.630. The maximum Gasteiger partial charge on any atom is 0.295 e. The number of nitrogens with one attached hydrogen (secondary N) is 1. The van der Waals surface area contributed by atoms with Crippen molar-refractivity contribution in [2.75, 3.05) is 5.32 Å². The number of rotatable bonds is 5. The van der Waals surface area contributed by atoms with Gasteiger partial charge in [0.2, 0.25) is 0 Å². The molecule has 1 heterocycles. The number of halogens is 1. The topological polar surface area (TPSA) is 55.2 Å². The first kappa shape index (κ1) is 15.4. The maximum atomic E-state index is 13.6. The van der Waals surface area contributed by atoms with Crippen molar-refractivity contribution >= 4 is 22.7 Å². The van der Waals surface area contributed by atoms with Crippen LogP contribution in [-0.2, 0) is 0 Å². The average molecular weight is 308 g/mol. The summed E-state index contributed by atoms with van der Waals surface area (Å²) >= 11 is 1.59. The maximum absolute atomic E-state index is 13.6. The predicted molar refractivity (Wildman–Crippen MR) is 83.3 cm³/mol. The number of hydrogen-bond donors (Lipinski definition) is 1. The zero-order chi connectivity index (χ0) is 15.6. The van der Waals surface area contributed by atoms with Gasteiger partial charge in [0.25, 0.3) is 5.69 Å². The third-order valence-corrected chi connectivity index (χ3v) is 4.26.